The van der Waals surface area contributed by atoms with E-state index in [1.807, 2.05) is 0 Å². The zero-order chi connectivity index (χ0) is 10.8. The van der Waals surface area contributed by atoms with Crippen molar-refractivity contribution in [3.05, 3.63) is 23.8 Å². The first-order valence-corrected chi connectivity index (χ1v) is 4.41. The van der Waals surface area contributed by atoms with Crippen LogP contribution in [0, 0.1) is 0 Å². The summed E-state index contributed by atoms with van der Waals surface area (Å²) in [6, 6.07) is 0. The molecule has 0 amide bonds. The molecule has 7 nitrogen and oxygen atoms in total. The molecule has 15 heavy (non-hydrogen) atoms. The van der Waals surface area contributed by atoms with E-state index < -0.39 is 0 Å². The van der Waals surface area contributed by atoms with Crippen molar-refractivity contribution < 1.29 is 4.79 Å². The van der Waals surface area contributed by atoms with Crippen LogP contribution < -0.4 is 0 Å². The van der Waals surface area contributed by atoms with Gasteiger partial charge in [-0.2, -0.15) is 15.0 Å². The smallest absolute Gasteiger partial charge is 0.181 e. The molecule has 0 unspecified atom stereocenters. The molecule has 0 aromatic carbocycles. The first-order valence-electron chi connectivity index (χ1n) is 4.41. The van der Waals surface area contributed by atoms with E-state index in [1.54, 1.807) is 24.1 Å². The van der Waals surface area contributed by atoms with Crippen LogP contribution in [0.25, 0.3) is 0 Å². The number of aryl methyl sites for hydroxylation is 1. The predicted molar refractivity (Wildman–Crippen MR) is 50.1 cm³/mol. The highest BCUT2D eigenvalue weighted by molar-refractivity contribution is 5.91. The van der Waals surface area contributed by atoms with Crippen molar-refractivity contribution >= 4 is 5.78 Å². The van der Waals surface area contributed by atoms with Crippen molar-refractivity contribution in [1.82, 2.24) is 30.0 Å². The average molecular weight is 206 g/mol. The maximum Gasteiger partial charge on any atom is 0.181 e. The van der Waals surface area contributed by atoms with Crippen LogP contribution >= 0.6 is 0 Å². The summed E-state index contributed by atoms with van der Waals surface area (Å²) in [6.45, 7) is 1.92. The van der Waals surface area contributed by atoms with E-state index in [2.05, 4.69) is 20.5 Å². The van der Waals surface area contributed by atoms with Gasteiger partial charge in [-0.15, -0.1) is 5.10 Å². The first-order chi connectivity index (χ1) is 7.15. The summed E-state index contributed by atoms with van der Waals surface area (Å²) in [4.78, 5) is 12.4. The predicted octanol–water partition coefficient (Wildman–Crippen LogP) is -0.343. The summed E-state index contributed by atoms with van der Waals surface area (Å²) in [5.74, 6) is -0.0969. The third kappa shape index (κ3) is 2.06. The van der Waals surface area contributed by atoms with Crippen LogP contribution in [0.1, 0.15) is 23.1 Å². The molecular formula is C8H10N6O. The van der Waals surface area contributed by atoms with Gasteiger partial charge < -0.3 is 0 Å². The second-order valence-electron chi connectivity index (χ2n) is 3.18. The molecule has 0 aliphatic heterocycles. The van der Waals surface area contributed by atoms with Crippen LogP contribution in [0.4, 0.5) is 0 Å². The van der Waals surface area contributed by atoms with Gasteiger partial charge in [0, 0.05) is 14.0 Å². The molecule has 2 heterocycles. The lowest BCUT2D eigenvalue weighted by atomic mass is 10.3. The lowest BCUT2D eigenvalue weighted by molar-refractivity contribution is 0.101. The van der Waals surface area contributed by atoms with Gasteiger partial charge in [-0.1, -0.05) is 5.21 Å². The topological polar surface area (TPSA) is 78.5 Å². The second-order valence-corrected chi connectivity index (χ2v) is 3.18. The number of hydrogen-bond acceptors (Lipinski definition) is 5. The van der Waals surface area contributed by atoms with Crippen molar-refractivity contribution in [1.29, 1.82) is 0 Å². The summed E-state index contributed by atoms with van der Waals surface area (Å²) >= 11 is 0. The van der Waals surface area contributed by atoms with Gasteiger partial charge in [-0.05, 0) is 0 Å². The summed E-state index contributed by atoms with van der Waals surface area (Å²) in [6.07, 6.45) is 3.24. The Bertz CT molecular complexity index is 485. The number of aromatic nitrogens is 6. The number of Topliss-reactive ketones (excluding diaryl/α,β-unsaturated/α-hetero) is 1. The minimum atomic E-state index is -0.0969. The van der Waals surface area contributed by atoms with Gasteiger partial charge >= 0.3 is 0 Å². The second kappa shape index (κ2) is 3.60. The summed E-state index contributed by atoms with van der Waals surface area (Å²) in [5, 5.41) is 15.6. The fourth-order valence-electron chi connectivity index (χ4n) is 1.16. The highest BCUT2D eigenvalue weighted by atomic mass is 16.1. The Morgan fingerprint density at radius 3 is 2.87 bits per heavy atom. The van der Waals surface area contributed by atoms with Crippen LogP contribution in [0.3, 0.4) is 0 Å². The fourth-order valence-corrected chi connectivity index (χ4v) is 1.16. The van der Waals surface area contributed by atoms with Crippen molar-refractivity contribution in [2.75, 3.05) is 0 Å². The molecule has 2 aromatic heterocycles. The van der Waals surface area contributed by atoms with E-state index >= 15 is 0 Å². The molecule has 2 rings (SSSR count). The van der Waals surface area contributed by atoms with Crippen molar-refractivity contribution in [3.63, 3.8) is 0 Å². The van der Waals surface area contributed by atoms with E-state index in [0.717, 1.165) is 5.69 Å². The van der Waals surface area contributed by atoms with Gasteiger partial charge in [0.05, 0.1) is 18.9 Å². The van der Waals surface area contributed by atoms with E-state index in [1.165, 1.54) is 11.7 Å². The summed E-state index contributed by atoms with van der Waals surface area (Å²) < 4.78 is 1.56. The number of carbonyl (C=O) groups excluding carboxylic acids is 1. The van der Waals surface area contributed by atoms with E-state index in [0.29, 0.717) is 12.2 Å². The third-order valence-corrected chi connectivity index (χ3v) is 1.87. The molecule has 0 aliphatic carbocycles. The zero-order valence-corrected chi connectivity index (χ0v) is 8.45. The summed E-state index contributed by atoms with van der Waals surface area (Å²) in [5.41, 5.74) is 1.14. The quantitative estimate of drug-likeness (QED) is 0.642. The number of ketones is 1. The highest BCUT2D eigenvalue weighted by Gasteiger charge is 2.06. The third-order valence-electron chi connectivity index (χ3n) is 1.87. The van der Waals surface area contributed by atoms with E-state index in [9.17, 15) is 4.79 Å². The Balaban J connectivity index is 2.14. The normalized spacial score (nSPS) is 10.5. The minimum Gasteiger partial charge on any atom is -0.293 e. The minimum absolute atomic E-state index is 0.0969. The molecule has 0 atom stereocenters. The van der Waals surface area contributed by atoms with Crippen LogP contribution in [-0.4, -0.2) is 35.8 Å². The van der Waals surface area contributed by atoms with E-state index in [4.69, 9.17) is 0 Å². The first kappa shape index (κ1) is 9.50. The van der Waals surface area contributed by atoms with Crippen molar-refractivity contribution in [3.8, 4) is 0 Å². The maximum atomic E-state index is 11.0. The number of nitrogens with zero attached hydrogens (tertiary/aromatic N) is 6. The molecular weight excluding hydrogens is 196 g/mol. The lowest BCUT2D eigenvalue weighted by Gasteiger charge is -1.93. The maximum absolute atomic E-state index is 11.0. The van der Waals surface area contributed by atoms with Gasteiger partial charge in [-0.25, -0.2) is 4.68 Å². The standard InChI is InChI=1S/C8H10N6O/c1-6(15)8-5-14(12-10-8)4-7-3-9-13(2)11-7/h3,5H,4H2,1-2H3. The van der Waals surface area contributed by atoms with E-state index in [-0.39, 0.29) is 5.78 Å². The van der Waals surface area contributed by atoms with Crippen LogP contribution in [-0.2, 0) is 13.6 Å². The Labute approximate surface area is 85.7 Å². The highest BCUT2D eigenvalue weighted by Crippen LogP contribution is 1.98. The van der Waals surface area contributed by atoms with Crippen LogP contribution in [0.15, 0.2) is 12.4 Å². The zero-order valence-electron chi connectivity index (χ0n) is 8.45. The summed E-state index contributed by atoms with van der Waals surface area (Å²) in [7, 11) is 1.74. The van der Waals surface area contributed by atoms with Crippen molar-refractivity contribution in [2.24, 2.45) is 7.05 Å². The molecule has 0 radical (unpaired) electrons. The van der Waals surface area contributed by atoms with Crippen LogP contribution in [0.2, 0.25) is 0 Å². The van der Waals surface area contributed by atoms with Gasteiger partial charge in [0.15, 0.2) is 5.78 Å². The van der Waals surface area contributed by atoms with Gasteiger partial charge in [0.2, 0.25) is 0 Å². The Morgan fingerprint density at radius 2 is 2.33 bits per heavy atom. The molecule has 78 valence electrons. The Kier molecular flexibility index (Phi) is 2.28. The SMILES string of the molecule is CC(=O)c1cn(Cc2cnn(C)n2)nn1. The molecule has 0 N–H and O–H groups in total. The Morgan fingerprint density at radius 1 is 1.53 bits per heavy atom. The average Bonchev–Trinajstić information content (AvgIpc) is 2.76. The molecule has 0 saturated carbocycles. The van der Waals surface area contributed by atoms with Gasteiger partial charge in [0.25, 0.3) is 0 Å². The van der Waals surface area contributed by atoms with Crippen LogP contribution in [0.5, 0.6) is 0 Å². The van der Waals surface area contributed by atoms with Crippen molar-refractivity contribution in [2.45, 2.75) is 13.5 Å². The molecule has 0 bridgehead atoms. The molecule has 0 spiro atoms. The van der Waals surface area contributed by atoms with Gasteiger partial charge in [-0.3, -0.25) is 4.79 Å². The molecule has 2 aromatic rings. The molecule has 7 heteroatoms. The number of hydrogen-bond donors (Lipinski definition) is 0. The number of rotatable bonds is 3. The monoisotopic (exact) mass is 206 g/mol. The largest absolute Gasteiger partial charge is 0.293 e. The van der Waals surface area contributed by atoms with Gasteiger partial charge in [0.1, 0.15) is 11.4 Å². The Hall–Kier alpha value is -2.05. The molecule has 0 aliphatic rings. The fraction of sp³-hybridized carbons (Fsp3) is 0.375. The molecule has 0 saturated heterocycles. The molecule has 0 fully saturated rings. The lowest BCUT2D eigenvalue weighted by Crippen LogP contribution is -2.02. The number of carbonyl (C=O) groups is 1.